The molecule has 2 aromatic rings. The van der Waals surface area contributed by atoms with Crippen molar-refractivity contribution in [3.8, 4) is 11.3 Å². The van der Waals surface area contributed by atoms with Gasteiger partial charge in [-0.05, 0) is 43.9 Å². The summed E-state index contributed by atoms with van der Waals surface area (Å²) in [4.78, 5) is 17.0. The monoisotopic (exact) mass is 329 g/mol. The van der Waals surface area contributed by atoms with Crippen LogP contribution in [0.1, 0.15) is 31.7 Å². The third kappa shape index (κ3) is 3.62. The van der Waals surface area contributed by atoms with Crippen LogP contribution >= 0.6 is 11.3 Å². The molecule has 5 heteroatoms. The second-order valence-electron chi connectivity index (χ2n) is 6.80. The Morgan fingerprint density at radius 2 is 2.09 bits per heavy atom. The van der Waals surface area contributed by atoms with Gasteiger partial charge in [-0.15, -0.1) is 11.3 Å². The summed E-state index contributed by atoms with van der Waals surface area (Å²) in [6.45, 7) is 7.21. The number of nitrogens with one attached hydrogen (secondary N) is 2. The Balaban J connectivity index is 1.69. The topological polar surface area (TPSA) is 54.0 Å². The molecule has 1 aromatic heterocycles. The zero-order valence-corrected chi connectivity index (χ0v) is 14.7. The van der Waals surface area contributed by atoms with Crippen LogP contribution in [0.2, 0.25) is 0 Å². The van der Waals surface area contributed by atoms with E-state index in [0.717, 1.165) is 41.3 Å². The molecule has 0 bridgehead atoms. The predicted molar refractivity (Wildman–Crippen MR) is 95.7 cm³/mol. The van der Waals surface area contributed by atoms with Crippen LogP contribution in [0.15, 0.2) is 29.6 Å². The van der Waals surface area contributed by atoms with Gasteiger partial charge in [0.05, 0.1) is 16.7 Å². The summed E-state index contributed by atoms with van der Waals surface area (Å²) < 4.78 is 0. The predicted octanol–water partition coefficient (Wildman–Crippen LogP) is 3.84. The van der Waals surface area contributed by atoms with E-state index in [1.54, 1.807) is 11.3 Å². The molecule has 2 N–H and O–H groups in total. The van der Waals surface area contributed by atoms with E-state index < -0.39 is 0 Å². The summed E-state index contributed by atoms with van der Waals surface area (Å²) in [7, 11) is 0. The van der Waals surface area contributed by atoms with Crippen molar-refractivity contribution in [1.82, 2.24) is 10.3 Å². The first kappa shape index (κ1) is 16.1. The molecular weight excluding hydrogens is 306 g/mol. The first-order chi connectivity index (χ1) is 11.0. The van der Waals surface area contributed by atoms with E-state index in [4.69, 9.17) is 0 Å². The van der Waals surface area contributed by atoms with Crippen molar-refractivity contribution in [2.24, 2.45) is 5.41 Å². The fourth-order valence-electron chi connectivity index (χ4n) is 3.09. The van der Waals surface area contributed by atoms with E-state index in [9.17, 15) is 4.79 Å². The fraction of sp³-hybridized carbons (Fsp3) is 0.444. The van der Waals surface area contributed by atoms with E-state index in [1.807, 2.05) is 31.2 Å². The molecule has 1 aliphatic heterocycles. The van der Waals surface area contributed by atoms with Crippen LogP contribution < -0.4 is 10.6 Å². The number of piperidine rings is 1. The summed E-state index contributed by atoms with van der Waals surface area (Å²) >= 11 is 1.64. The molecule has 1 amide bonds. The lowest BCUT2D eigenvalue weighted by Gasteiger charge is -2.38. The second kappa shape index (κ2) is 6.42. The summed E-state index contributed by atoms with van der Waals surface area (Å²) in [5.74, 6) is 0.0481. The second-order valence-corrected chi connectivity index (χ2v) is 7.86. The van der Waals surface area contributed by atoms with Gasteiger partial charge in [0.2, 0.25) is 5.91 Å². The minimum Gasteiger partial charge on any atom is -0.325 e. The van der Waals surface area contributed by atoms with Crippen molar-refractivity contribution >= 4 is 22.9 Å². The molecule has 1 atom stereocenters. The number of hydrogen-bond acceptors (Lipinski definition) is 4. The van der Waals surface area contributed by atoms with Crippen molar-refractivity contribution < 1.29 is 4.79 Å². The number of aromatic nitrogens is 1. The quantitative estimate of drug-likeness (QED) is 0.899. The summed E-state index contributed by atoms with van der Waals surface area (Å²) in [6, 6.07) is 7.75. The number of carbonyl (C=O) groups excluding carboxylic acids is 1. The van der Waals surface area contributed by atoms with Gasteiger partial charge in [-0.25, -0.2) is 4.98 Å². The Kier molecular flexibility index (Phi) is 4.50. The molecule has 1 saturated heterocycles. The van der Waals surface area contributed by atoms with Crippen LogP contribution in [-0.4, -0.2) is 23.5 Å². The van der Waals surface area contributed by atoms with Gasteiger partial charge < -0.3 is 10.6 Å². The minimum absolute atomic E-state index is 0.0135. The Hall–Kier alpha value is -1.72. The van der Waals surface area contributed by atoms with Crippen LogP contribution in [0, 0.1) is 12.3 Å². The number of carbonyl (C=O) groups is 1. The van der Waals surface area contributed by atoms with E-state index in [1.165, 1.54) is 0 Å². The highest BCUT2D eigenvalue weighted by atomic mass is 32.1. The van der Waals surface area contributed by atoms with Gasteiger partial charge in [-0.1, -0.05) is 26.0 Å². The maximum absolute atomic E-state index is 12.6. The molecule has 122 valence electrons. The highest BCUT2D eigenvalue weighted by Crippen LogP contribution is 2.31. The van der Waals surface area contributed by atoms with Gasteiger partial charge in [0.1, 0.15) is 0 Å². The average molecular weight is 329 g/mol. The SMILES string of the molecule is Cc1nc(-c2ccc(NC(=O)C3NCCCC3(C)C)cc2)cs1. The molecule has 3 rings (SSSR count). The molecule has 1 unspecified atom stereocenters. The number of anilines is 1. The molecule has 2 heterocycles. The summed E-state index contributed by atoms with van der Waals surface area (Å²) in [5, 5.41) is 9.49. The van der Waals surface area contributed by atoms with Gasteiger partial charge in [0.25, 0.3) is 0 Å². The van der Waals surface area contributed by atoms with Gasteiger partial charge in [-0.3, -0.25) is 4.79 Å². The van der Waals surface area contributed by atoms with Gasteiger partial charge in [0.15, 0.2) is 0 Å². The van der Waals surface area contributed by atoms with Crippen molar-refractivity contribution in [2.45, 2.75) is 39.7 Å². The number of nitrogens with zero attached hydrogens (tertiary/aromatic N) is 1. The van der Waals surface area contributed by atoms with Crippen LogP contribution in [0.5, 0.6) is 0 Å². The molecule has 1 aromatic carbocycles. The van der Waals surface area contributed by atoms with Crippen molar-refractivity contribution in [3.05, 3.63) is 34.7 Å². The van der Waals surface area contributed by atoms with Crippen molar-refractivity contribution in [1.29, 1.82) is 0 Å². The molecule has 1 aliphatic rings. The molecular formula is C18H23N3OS. The zero-order chi connectivity index (χ0) is 16.4. The zero-order valence-electron chi connectivity index (χ0n) is 13.8. The van der Waals surface area contributed by atoms with E-state index in [2.05, 4.69) is 34.8 Å². The normalized spacial score (nSPS) is 20.2. The Labute approximate surface area is 141 Å². The molecule has 23 heavy (non-hydrogen) atoms. The largest absolute Gasteiger partial charge is 0.325 e. The van der Waals surface area contributed by atoms with Crippen molar-refractivity contribution in [3.63, 3.8) is 0 Å². The lowest BCUT2D eigenvalue weighted by molar-refractivity contribution is -0.121. The molecule has 0 saturated carbocycles. The first-order valence-electron chi connectivity index (χ1n) is 8.02. The summed E-state index contributed by atoms with van der Waals surface area (Å²) in [5.41, 5.74) is 2.87. The number of rotatable bonds is 3. The van der Waals surface area contributed by atoms with E-state index in [0.29, 0.717) is 0 Å². The van der Waals surface area contributed by atoms with Crippen molar-refractivity contribution in [2.75, 3.05) is 11.9 Å². The summed E-state index contributed by atoms with van der Waals surface area (Å²) in [6.07, 6.45) is 2.19. The van der Waals surface area contributed by atoms with Gasteiger partial charge in [-0.2, -0.15) is 0 Å². The Morgan fingerprint density at radius 3 is 2.70 bits per heavy atom. The number of thiazole rings is 1. The van der Waals surface area contributed by atoms with Crippen LogP contribution in [0.4, 0.5) is 5.69 Å². The van der Waals surface area contributed by atoms with Gasteiger partial charge >= 0.3 is 0 Å². The lowest BCUT2D eigenvalue weighted by atomic mass is 9.77. The van der Waals surface area contributed by atoms with Crippen LogP contribution in [-0.2, 0) is 4.79 Å². The van der Waals surface area contributed by atoms with Crippen LogP contribution in [0.25, 0.3) is 11.3 Å². The molecule has 4 nitrogen and oxygen atoms in total. The fourth-order valence-corrected chi connectivity index (χ4v) is 3.72. The number of hydrogen-bond donors (Lipinski definition) is 2. The van der Waals surface area contributed by atoms with E-state index in [-0.39, 0.29) is 17.4 Å². The van der Waals surface area contributed by atoms with Gasteiger partial charge in [0, 0.05) is 16.6 Å². The standard InChI is InChI=1S/C18H23N3OS/c1-12-20-15(11-23-12)13-5-7-14(8-6-13)21-17(22)16-18(2,3)9-4-10-19-16/h5-8,11,16,19H,4,9-10H2,1-3H3,(H,21,22). The first-order valence-corrected chi connectivity index (χ1v) is 8.90. The lowest BCUT2D eigenvalue weighted by Crippen LogP contribution is -2.53. The van der Waals surface area contributed by atoms with Crippen LogP contribution in [0.3, 0.4) is 0 Å². The Morgan fingerprint density at radius 1 is 1.35 bits per heavy atom. The number of amides is 1. The molecule has 0 aliphatic carbocycles. The number of benzene rings is 1. The third-order valence-electron chi connectivity index (χ3n) is 4.46. The maximum Gasteiger partial charge on any atom is 0.242 e. The molecule has 0 radical (unpaired) electrons. The van der Waals surface area contributed by atoms with E-state index >= 15 is 0 Å². The average Bonchev–Trinajstić information content (AvgIpc) is 2.94. The third-order valence-corrected chi connectivity index (χ3v) is 5.23. The highest BCUT2D eigenvalue weighted by molar-refractivity contribution is 7.09. The Bertz CT molecular complexity index is 691. The maximum atomic E-state index is 12.6. The number of aryl methyl sites for hydroxylation is 1. The molecule has 1 fully saturated rings. The highest BCUT2D eigenvalue weighted by Gasteiger charge is 2.36. The smallest absolute Gasteiger partial charge is 0.242 e. The minimum atomic E-state index is -0.142. The molecule has 0 spiro atoms.